The Kier molecular flexibility index (Phi) is 6.85. The maximum atomic E-state index is 14.1. The van der Waals surface area contributed by atoms with E-state index in [0.29, 0.717) is 19.4 Å². The lowest BCUT2D eigenvalue weighted by Gasteiger charge is -2.33. The van der Waals surface area contributed by atoms with Crippen LogP contribution in [0.3, 0.4) is 0 Å². The van der Waals surface area contributed by atoms with Crippen molar-refractivity contribution in [1.82, 2.24) is 10.2 Å². The van der Waals surface area contributed by atoms with Crippen LogP contribution in [0.25, 0.3) is 0 Å². The first-order chi connectivity index (χ1) is 12.6. The van der Waals surface area contributed by atoms with E-state index in [1.165, 1.54) is 17.9 Å². The number of hydrogen-bond acceptors (Lipinski definition) is 4. The Morgan fingerprint density at radius 1 is 1.30 bits per heavy atom. The van der Waals surface area contributed by atoms with Gasteiger partial charge in [0, 0.05) is 25.6 Å². The number of amides is 2. The van der Waals surface area contributed by atoms with Crippen LogP contribution in [0.4, 0.5) is 12.7 Å². The fraction of sp³-hybridized carbons (Fsp3) is 0.529. The fourth-order valence-corrected chi connectivity index (χ4v) is 4.16. The van der Waals surface area contributed by atoms with Gasteiger partial charge in [0.25, 0.3) is 0 Å². The summed E-state index contributed by atoms with van der Waals surface area (Å²) in [6.45, 7) is 1.53. The first-order valence-corrected chi connectivity index (χ1v) is 10.0. The summed E-state index contributed by atoms with van der Waals surface area (Å²) in [7, 11) is -4.66. The summed E-state index contributed by atoms with van der Waals surface area (Å²) in [6.07, 6.45) is 0.557. The SMILES string of the molecule is CC(=O)NC(CC(=O)N1CCCC(CS(=O)(=O)F)C1)c1c(F)cccc1F. The zero-order valence-corrected chi connectivity index (χ0v) is 15.6. The maximum absolute atomic E-state index is 14.1. The number of nitrogens with one attached hydrogen (secondary N) is 1. The van der Waals surface area contributed by atoms with Gasteiger partial charge in [-0.25, -0.2) is 8.78 Å². The van der Waals surface area contributed by atoms with E-state index in [2.05, 4.69) is 5.32 Å². The van der Waals surface area contributed by atoms with E-state index >= 15 is 0 Å². The van der Waals surface area contributed by atoms with E-state index in [9.17, 15) is 30.7 Å². The van der Waals surface area contributed by atoms with Crippen molar-refractivity contribution in [1.29, 1.82) is 0 Å². The third-order valence-electron chi connectivity index (χ3n) is 4.41. The minimum atomic E-state index is -4.66. The third kappa shape index (κ3) is 6.23. The van der Waals surface area contributed by atoms with Crippen molar-refractivity contribution in [3.05, 3.63) is 35.4 Å². The van der Waals surface area contributed by atoms with Crippen molar-refractivity contribution < 1.29 is 30.7 Å². The Hall–Kier alpha value is -2.10. The predicted molar refractivity (Wildman–Crippen MR) is 91.7 cm³/mol. The van der Waals surface area contributed by atoms with E-state index < -0.39 is 63.4 Å². The van der Waals surface area contributed by atoms with E-state index in [1.54, 1.807) is 0 Å². The molecule has 6 nitrogen and oxygen atoms in total. The fourth-order valence-electron chi connectivity index (χ4n) is 3.33. The highest BCUT2D eigenvalue weighted by molar-refractivity contribution is 7.86. The average molecular weight is 406 g/mol. The molecule has 1 aromatic rings. The Labute approximate surface area is 155 Å². The Morgan fingerprint density at radius 3 is 2.48 bits per heavy atom. The number of nitrogens with zero attached hydrogens (tertiary/aromatic N) is 1. The average Bonchev–Trinajstić information content (AvgIpc) is 2.52. The first-order valence-electron chi connectivity index (χ1n) is 8.48. The number of carbonyl (C=O) groups is 2. The zero-order valence-electron chi connectivity index (χ0n) is 14.8. The minimum absolute atomic E-state index is 0.0362. The molecule has 2 amide bonds. The first kappa shape index (κ1) is 21.2. The largest absolute Gasteiger partial charge is 0.349 e. The van der Waals surface area contributed by atoms with Crippen molar-refractivity contribution >= 4 is 22.0 Å². The van der Waals surface area contributed by atoms with Gasteiger partial charge in [0.15, 0.2) is 0 Å². The van der Waals surface area contributed by atoms with E-state index in [-0.39, 0.29) is 6.54 Å². The summed E-state index contributed by atoms with van der Waals surface area (Å²) in [5.74, 6) is -4.05. The molecule has 0 bridgehead atoms. The van der Waals surface area contributed by atoms with Gasteiger partial charge in [-0.3, -0.25) is 9.59 Å². The molecule has 1 saturated heterocycles. The normalized spacial score (nSPS) is 18.8. The molecule has 150 valence electrons. The van der Waals surface area contributed by atoms with Gasteiger partial charge in [-0.1, -0.05) is 6.07 Å². The molecule has 1 N–H and O–H groups in total. The molecule has 1 aliphatic heterocycles. The van der Waals surface area contributed by atoms with Gasteiger partial charge in [-0.15, -0.1) is 3.89 Å². The van der Waals surface area contributed by atoms with E-state index in [1.807, 2.05) is 0 Å². The monoisotopic (exact) mass is 406 g/mol. The Balaban J connectivity index is 2.15. The second-order valence-electron chi connectivity index (χ2n) is 6.65. The summed E-state index contributed by atoms with van der Waals surface area (Å²) < 4.78 is 62.7. The molecule has 1 heterocycles. The van der Waals surface area contributed by atoms with Crippen molar-refractivity contribution in [2.75, 3.05) is 18.8 Å². The molecular formula is C17H21F3N2O4S. The van der Waals surface area contributed by atoms with Crippen molar-refractivity contribution in [2.45, 2.75) is 32.2 Å². The molecule has 0 aromatic heterocycles. The Morgan fingerprint density at radius 2 is 1.93 bits per heavy atom. The van der Waals surface area contributed by atoms with Gasteiger partial charge in [0.1, 0.15) is 11.6 Å². The van der Waals surface area contributed by atoms with Crippen LogP contribution in [-0.2, 0) is 19.8 Å². The molecule has 0 saturated carbocycles. The second-order valence-corrected chi connectivity index (χ2v) is 8.06. The molecule has 1 aliphatic rings. The molecule has 0 spiro atoms. The number of carbonyl (C=O) groups excluding carboxylic acids is 2. The van der Waals surface area contributed by atoms with Crippen LogP contribution in [0.5, 0.6) is 0 Å². The highest BCUT2D eigenvalue weighted by Crippen LogP contribution is 2.26. The van der Waals surface area contributed by atoms with Crippen molar-refractivity contribution in [3.8, 4) is 0 Å². The number of likely N-dealkylation sites (tertiary alicyclic amines) is 1. The molecule has 10 heteroatoms. The highest BCUT2D eigenvalue weighted by Gasteiger charge is 2.30. The smallest absolute Gasteiger partial charge is 0.302 e. The quantitative estimate of drug-likeness (QED) is 0.733. The lowest BCUT2D eigenvalue weighted by Crippen LogP contribution is -2.43. The van der Waals surface area contributed by atoms with Crippen LogP contribution in [0.15, 0.2) is 18.2 Å². The van der Waals surface area contributed by atoms with Crippen LogP contribution in [0, 0.1) is 17.6 Å². The number of benzene rings is 1. The molecular weight excluding hydrogens is 385 g/mol. The molecule has 1 aromatic carbocycles. The van der Waals surface area contributed by atoms with Crippen molar-refractivity contribution in [2.24, 2.45) is 5.92 Å². The molecule has 0 aliphatic carbocycles. The van der Waals surface area contributed by atoms with Gasteiger partial charge >= 0.3 is 10.2 Å². The van der Waals surface area contributed by atoms with E-state index in [0.717, 1.165) is 12.1 Å². The topological polar surface area (TPSA) is 83.6 Å². The van der Waals surface area contributed by atoms with Gasteiger partial charge in [0.2, 0.25) is 11.8 Å². The highest BCUT2D eigenvalue weighted by atomic mass is 32.3. The third-order valence-corrected chi connectivity index (χ3v) is 5.28. The standard InChI is InChI=1S/C17H21F3N2O4S/c1-11(23)21-15(17-13(18)5-2-6-14(17)19)8-16(24)22-7-3-4-12(9-22)10-27(20,25)26/h2,5-6,12,15H,3-4,7-10H2,1H3,(H,21,23). The second kappa shape index (κ2) is 8.73. The zero-order chi connectivity index (χ0) is 20.2. The summed E-state index contributed by atoms with van der Waals surface area (Å²) in [5.41, 5.74) is -0.416. The van der Waals surface area contributed by atoms with Crippen molar-refractivity contribution in [3.63, 3.8) is 0 Å². The molecule has 2 atom stereocenters. The number of hydrogen-bond donors (Lipinski definition) is 1. The predicted octanol–water partition coefficient (Wildman–Crippen LogP) is 2.07. The molecule has 2 unspecified atom stereocenters. The Bertz CT molecular complexity index is 796. The number of halogens is 3. The van der Waals surface area contributed by atoms with E-state index in [4.69, 9.17) is 0 Å². The summed E-state index contributed by atoms with van der Waals surface area (Å²) in [5, 5.41) is 2.37. The lowest BCUT2D eigenvalue weighted by atomic mass is 9.97. The minimum Gasteiger partial charge on any atom is -0.349 e. The van der Waals surface area contributed by atoms with Crippen LogP contribution in [0.1, 0.15) is 37.8 Å². The number of piperidine rings is 1. The summed E-state index contributed by atoms with van der Waals surface area (Å²) >= 11 is 0. The van der Waals surface area contributed by atoms with Gasteiger partial charge in [-0.05, 0) is 30.9 Å². The van der Waals surface area contributed by atoms with Crippen LogP contribution in [0.2, 0.25) is 0 Å². The van der Waals surface area contributed by atoms with Crippen LogP contribution in [-0.4, -0.2) is 44.0 Å². The summed E-state index contributed by atoms with van der Waals surface area (Å²) in [6, 6.07) is 2.02. The maximum Gasteiger partial charge on any atom is 0.302 e. The molecule has 1 fully saturated rings. The number of rotatable bonds is 6. The molecule has 27 heavy (non-hydrogen) atoms. The van der Waals surface area contributed by atoms with Gasteiger partial charge in [0.05, 0.1) is 18.2 Å². The van der Waals surface area contributed by atoms with Gasteiger partial charge in [-0.2, -0.15) is 8.42 Å². The van der Waals surface area contributed by atoms with Gasteiger partial charge < -0.3 is 10.2 Å². The lowest BCUT2D eigenvalue weighted by molar-refractivity contribution is -0.133. The molecule has 2 rings (SSSR count). The van der Waals surface area contributed by atoms with Crippen LogP contribution >= 0.6 is 0 Å². The summed E-state index contributed by atoms with van der Waals surface area (Å²) in [4.78, 5) is 25.4. The molecule has 0 radical (unpaired) electrons. The van der Waals surface area contributed by atoms with Crippen LogP contribution < -0.4 is 5.32 Å².